The lowest BCUT2D eigenvalue weighted by Crippen LogP contribution is -2.34. The van der Waals surface area contributed by atoms with Crippen molar-refractivity contribution in [3.63, 3.8) is 0 Å². The van der Waals surface area contributed by atoms with E-state index in [0.29, 0.717) is 6.54 Å². The van der Waals surface area contributed by atoms with Gasteiger partial charge in [-0.15, -0.1) is 0 Å². The van der Waals surface area contributed by atoms with Crippen LogP contribution in [-0.2, 0) is 14.4 Å². The molecule has 2 unspecified atom stereocenters. The van der Waals surface area contributed by atoms with Crippen molar-refractivity contribution in [3.05, 3.63) is 0 Å². The third-order valence-corrected chi connectivity index (χ3v) is 2.40. The number of nitrogens with zero attached hydrogens (tertiary/aromatic N) is 1. The van der Waals surface area contributed by atoms with Gasteiger partial charge in [0.05, 0.1) is 0 Å². The van der Waals surface area contributed by atoms with Crippen molar-refractivity contribution in [3.8, 4) is 0 Å². The summed E-state index contributed by atoms with van der Waals surface area (Å²) in [7, 11) is 3.74. The van der Waals surface area contributed by atoms with Crippen LogP contribution >= 0.6 is 9.39 Å². The average molecular weight is 292 g/mol. The molecular formula is C13H29N2O3P. The van der Waals surface area contributed by atoms with Crippen molar-refractivity contribution >= 4 is 27.5 Å². The molecule has 0 aromatic rings. The Labute approximate surface area is 119 Å². The normalized spacial score (nSPS) is 9.84. The van der Waals surface area contributed by atoms with Crippen molar-refractivity contribution < 1.29 is 14.4 Å². The predicted molar refractivity (Wildman–Crippen MR) is 82.6 cm³/mol. The second-order valence-electron chi connectivity index (χ2n) is 3.38. The third-order valence-electron chi connectivity index (χ3n) is 2.08. The Hall–Kier alpha value is -0.960. The Balaban J connectivity index is -0.000000579. The summed E-state index contributed by atoms with van der Waals surface area (Å²) in [6, 6.07) is 0. The minimum absolute atomic E-state index is 0.112. The molecule has 0 heterocycles. The molecule has 0 aliphatic carbocycles. The first kappa shape index (κ1) is 23.2. The van der Waals surface area contributed by atoms with E-state index in [-0.39, 0.29) is 30.6 Å². The number of carbonyl (C=O) groups excluding carboxylic acids is 3. The van der Waals surface area contributed by atoms with Crippen LogP contribution in [0.1, 0.15) is 47.5 Å². The van der Waals surface area contributed by atoms with E-state index in [0.717, 1.165) is 6.29 Å². The molecule has 0 aromatic carbocycles. The molecule has 0 aromatic heterocycles. The van der Waals surface area contributed by atoms with Crippen molar-refractivity contribution in [1.29, 1.82) is 0 Å². The fourth-order valence-electron chi connectivity index (χ4n) is 1.07. The highest BCUT2D eigenvalue weighted by Crippen LogP contribution is 2.04. The summed E-state index contributed by atoms with van der Waals surface area (Å²) in [6.07, 6.45) is 1.21. The minimum atomic E-state index is -0.313. The summed E-state index contributed by atoms with van der Waals surface area (Å²) in [4.78, 5) is 34.2. The topological polar surface area (TPSA) is 66.5 Å². The number of nitrogens with one attached hydrogen (secondary N) is 1. The van der Waals surface area contributed by atoms with Gasteiger partial charge in [-0.05, 0) is 9.39 Å². The molecule has 0 radical (unpaired) electrons. The molecule has 0 saturated heterocycles. The molecule has 0 fully saturated rings. The first-order valence-corrected chi connectivity index (χ1v) is 7.28. The van der Waals surface area contributed by atoms with Crippen LogP contribution in [0.4, 0.5) is 0 Å². The van der Waals surface area contributed by atoms with Gasteiger partial charge in [0, 0.05) is 32.4 Å². The molecule has 2 amide bonds. The van der Waals surface area contributed by atoms with Gasteiger partial charge in [0.15, 0.2) is 0 Å². The smallest absolute Gasteiger partial charge is 0.225 e. The monoisotopic (exact) mass is 292 g/mol. The van der Waals surface area contributed by atoms with Gasteiger partial charge in [0.25, 0.3) is 0 Å². The quantitative estimate of drug-likeness (QED) is 0.601. The molecule has 0 rings (SSSR count). The molecule has 1 N–H and O–H groups in total. The molecule has 0 spiro atoms. The van der Waals surface area contributed by atoms with E-state index in [9.17, 15) is 14.4 Å². The summed E-state index contributed by atoms with van der Waals surface area (Å²) in [5.41, 5.74) is 0. The Morgan fingerprint density at radius 2 is 1.74 bits per heavy atom. The lowest BCUT2D eigenvalue weighted by Gasteiger charge is -2.19. The number of rotatable bonds is 6. The molecule has 0 saturated carbocycles. The average Bonchev–Trinajstić information content (AvgIpc) is 2.47. The summed E-state index contributed by atoms with van der Waals surface area (Å²) >= 11 is 0. The summed E-state index contributed by atoms with van der Waals surface area (Å²) in [6.45, 7) is 10.1. The Morgan fingerprint density at radius 1 is 1.26 bits per heavy atom. The van der Waals surface area contributed by atoms with E-state index in [1.807, 2.05) is 27.7 Å². The van der Waals surface area contributed by atoms with Crippen LogP contribution in [0.15, 0.2) is 0 Å². The lowest BCUT2D eigenvalue weighted by molar-refractivity contribution is -0.135. The van der Waals surface area contributed by atoms with E-state index >= 15 is 0 Å². The highest BCUT2D eigenvalue weighted by molar-refractivity contribution is 7.15. The van der Waals surface area contributed by atoms with Crippen LogP contribution < -0.4 is 5.09 Å². The maximum Gasteiger partial charge on any atom is 0.225 e. The molecule has 114 valence electrons. The second kappa shape index (κ2) is 17.0. The van der Waals surface area contributed by atoms with Gasteiger partial charge in [-0.2, -0.15) is 0 Å². The third kappa shape index (κ3) is 13.3. The summed E-state index contributed by atoms with van der Waals surface area (Å²) in [5.74, 6) is -0.562. The van der Waals surface area contributed by atoms with Gasteiger partial charge in [0.1, 0.15) is 6.29 Å². The Kier molecular flexibility index (Phi) is 20.8. The van der Waals surface area contributed by atoms with Crippen LogP contribution in [0, 0.1) is 5.92 Å². The first-order chi connectivity index (χ1) is 9.02. The van der Waals surface area contributed by atoms with E-state index in [1.165, 1.54) is 4.90 Å². The van der Waals surface area contributed by atoms with Crippen LogP contribution in [0.2, 0.25) is 0 Å². The number of aldehydes is 1. The molecule has 0 bridgehead atoms. The van der Waals surface area contributed by atoms with Crippen LogP contribution in [0.5, 0.6) is 0 Å². The van der Waals surface area contributed by atoms with Crippen molar-refractivity contribution in [2.24, 2.45) is 5.92 Å². The number of hydrogen-bond acceptors (Lipinski definition) is 3. The molecular weight excluding hydrogens is 263 g/mol. The predicted octanol–water partition coefficient (Wildman–Crippen LogP) is 2.02. The zero-order valence-electron chi connectivity index (χ0n) is 13.0. The maximum absolute atomic E-state index is 11.6. The summed E-state index contributed by atoms with van der Waals surface area (Å²) in [5, 5.41) is 2.40. The summed E-state index contributed by atoms with van der Waals surface area (Å²) < 4.78 is 0. The molecule has 6 heteroatoms. The van der Waals surface area contributed by atoms with Crippen molar-refractivity contribution in [1.82, 2.24) is 9.99 Å². The highest BCUT2D eigenvalue weighted by Gasteiger charge is 2.17. The number of carbonyl (C=O) groups is 3. The van der Waals surface area contributed by atoms with Crippen LogP contribution in [-0.4, -0.2) is 36.6 Å². The number of amides is 2. The van der Waals surface area contributed by atoms with Crippen molar-refractivity contribution in [2.45, 2.75) is 47.5 Å². The second-order valence-corrected chi connectivity index (χ2v) is 3.67. The van der Waals surface area contributed by atoms with Gasteiger partial charge in [-0.25, -0.2) is 0 Å². The van der Waals surface area contributed by atoms with Gasteiger partial charge >= 0.3 is 0 Å². The molecule has 0 aliphatic rings. The Morgan fingerprint density at radius 3 is 2.11 bits per heavy atom. The SMILES string of the molecule is CC.CC.CC(CC=O)C(=O)N(C)CCC(=O)NP. The number of hydrogen-bond donors (Lipinski definition) is 1. The zero-order valence-corrected chi connectivity index (χ0v) is 14.2. The van der Waals surface area contributed by atoms with E-state index < -0.39 is 0 Å². The van der Waals surface area contributed by atoms with Crippen LogP contribution in [0.25, 0.3) is 0 Å². The first-order valence-electron chi connectivity index (χ1n) is 6.71. The van der Waals surface area contributed by atoms with Gasteiger partial charge in [-0.1, -0.05) is 34.6 Å². The van der Waals surface area contributed by atoms with Gasteiger partial charge in [0.2, 0.25) is 11.8 Å². The highest BCUT2D eigenvalue weighted by atomic mass is 31.0. The van der Waals surface area contributed by atoms with Crippen molar-refractivity contribution in [2.75, 3.05) is 13.6 Å². The van der Waals surface area contributed by atoms with Gasteiger partial charge < -0.3 is 14.8 Å². The fourth-order valence-corrected chi connectivity index (χ4v) is 1.22. The van der Waals surface area contributed by atoms with E-state index in [2.05, 4.69) is 14.5 Å². The van der Waals surface area contributed by atoms with E-state index in [1.54, 1.807) is 14.0 Å². The Bertz CT molecular complexity index is 248. The van der Waals surface area contributed by atoms with Crippen LogP contribution in [0.3, 0.4) is 0 Å². The molecule has 0 aliphatic heterocycles. The lowest BCUT2D eigenvalue weighted by atomic mass is 10.1. The van der Waals surface area contributed by atoms with E-state index in [4.69, 9.17) is 0 Å². The zero-order chi connectivity index (χ0) is 15.8. The fraction of sp³-hybridized carbons (Fsp3) is 0.769. The standard InChI is InChI=1S/C9H17N2O3P.2C2H6/c1-7(4-6-12)9(14)11(2)5-3-8(13)10-15;2*1-2/h6-7H,3-5,15H2,1-2H3,(H,10,13);2*1-2H3. The molecule has 19 heavy (non-hydrogen) atoms. The largest absolute Gasteiger partial charge is 0.345 e. The molecule has 2 atom stereocenters. The minimum Gasteiger partial charge on any atom is -0.345 e. The van der Waals surface area contributed by atoms with Gasteiger partial charge in [-0.3, -0.25) is 9.59 Å². The molecule has 5 nitrogen and oxygen atoms in total. The maximum atomic E-state index is 11.6.